The predicted molar refractivity (Wildman–Crippen MR) is 61.0 cm³/mol. The van der Waals surface area contributed by atoms with Gasteiger partial charge in [0, 0.05) is 0 Å². The zero-order chi connectivity index (χ0) is 11.5. The van der Waals surface area contributed by atoms with Crippen molar-refractivity contribution in [2.45, 2.75) is 6.42 Å². The van der Waals surface area contributed by atoms with E-state index in [1.54, 1.807) is 18.2 Å². The molecule has 1 aromatic carbocycles. The van der Waals surface area contributed by atoms with Crippen LogP contribution in [0, 0.1) is 0 Å². The second-order valence-corrected chi connectivity index (χ2v) is 5.48. The third-order valence-corrected chi connectivity index (χ3v) is 3.01. The van der Waals surface area contributed by atoms with Crippen LogP contribution in [0.25, 0.3) is 0 Å². The molecule has 15 heavy (non-hydrogen) atoms. The Labute approximate surface area is 99.1 Å². The quantitative estimate of drug-likeness (QED) is 0.789. The normalized spacial score (nSPS) is 11.7. The molecule has 1 rings (SSSR count). The molecule has 0 aliphatic carbocycles. The van der Waals surface area contributed by atoms with Crippen molar-refractivity contribution in [1.29, 1.82) is 0 Å². The molecular weight excluding hydrogens is 259 g/mol. The first-order valence-corrected chi connectivity index (χ1v) is 6.74. The third kappa shape index (κ3) is 4.84. The molecule has 3 nitrogen and oxygen atoms in total. The van der Waals surface area contributed by atoms with Crippen molar-refractivity contribution >= 4 is 33.3 Å². The summed E-state index contributed by atoms with van der Waals surface area (Å²) >= 11 is 11.5. The topological polar surface area (TPSA) is 43.4 Å². The highest BCUT2D eigenvalue weighted by atomic mass is 35.5. The summed E-state index contributed by atoms with van der Waals surface area (Å²) in [6, 6.07) is 5.13. The molecule has 0 N–H and O–H groups in total. The molecule has 0 bridgehead atoms. The minimum atomic E-state index is -3.37. The van der Waals surface area contributed by atoms with Crippen molar-refractivity contribution in [3.05, 3.63) is 33.8 Å². The van der Waals surface area contributed by atoms with E-state index in [1.165, 1.54) is 0 Å². The number of halogens is 2. The summed E-state index contributed by atoms with van der Waals surface area (Å²) in [5, 5.41) is 0.929. The molecule has 0 aliphatic heterocycles. The van der Waals surface area contributed by atoms with Crippen LogP contribution in [0.4, 0.5) is 0 Å². The molecule has 0 aliphatic rings. The van der Waals surface area contributed by atoms with Gasteiger partial charge in [-0.2, -0.15) is 8.42 Å². The van der Waals surface area contributed by atoms with Gasteiger partial charge in [-0.25, -0.2) is 0 Å². The minimum Gasteiger partial charge on any atom is -0.270 e. The fraction of sp³-hybridized carbons (Fsp3) is 0.333. The molecule has 0 saturated heterocycles. The van der Waals surface area contributed by atoms with Crippen molar-refractivity contribution in [3.63, 3.8) is 0 Å². The van der Waals surface area contributed by atoms with Gasteiger partial charge in [0.15, 0.2) is 0 Å². The van der Waals surface area contributed by atoms with E-state index in [4.69, 9.17) is 23.2 Å². The molecule has 0 spiro atoms. The Morgan fingerprint density at radius 3 is 2.47 bits per heavy atom. The smallest absolute Gasteiger partial charge is 0.264 e. The molecule has 0 atom stereocenters. The van der Waals surface area contributed by atoms with Gasteiger partial charge < -0.3 is 0 Å². The second-order valence-electron chi connectivity index (χ2n) is 3.02. The van der Waals surface area contributed by atoms with Crippen LogP contribution in [0.3, 0.4) is 0 Å². The molecule has 0 unspecified atom stereocenters. The van der Waals surface area contributed by atoms with Gasteiger partial charge in [0.05, 0.1) is 22.9 Å². The summed E-state index contributed by atoms with van der Waals surface area (Å²) in [4.78, 5) is 0. The predicted octanol–water partition coefficient (Wildman–Crippen LogP) is 2.51. The van der Waals surface area contributed by atoms with Crippen LogP contribution >= 0.6 is 23.2 Å². The Morgan fingerprint density at radius 1 is 1.27 bits per heavy atom. The zero-order valence-corrected chi connectivity index (χ0v) is 10.4. The van der Waals surface area contributed by atoms with E-state index in [9.17, 15) is 8.42 Å². The van der Waals surface area contributed by atoms with Gasteiger partial charge in [-0.1, -0.05) is 29.3 Å². The maximum Gasteiger partial charge on any atom is 0.264 e. The first-order chi connectivity index (χ1) is 6.88. The van der Waals surface area contributed by atoms with E-state index in [1.807, 2.05) is 0 Å². The Balaban J connectivity index is 2.55. The number of hydrogen-bond acceptors (Lipinski definition) is 3. The molecule has 0 aromatic heterocycles. The van der Waals surface area contributed by atoms with Gasteiger partial charge >= 0.3 is 0 Å². The van der Waals surface area contributed by atoms with Gasteiger partial charge in [-0.3, -0.25) is 4.18 Å². The SMILES string of the molecule is CS(=O)(=O)OCCc1ccc(Cl)c(Cl)c1. The van der Waals surface area contributed by atoms with E-state index < -0.39 is 10.1 Å². The van der Waals surface area contributed by atoms with Crippen molar-refractivity contribution in [3.8, 4) is 0 Å². The molecule has 84 valence electrons. The van der Waals surface area contributed by atoms with E-state index >= 15 is 0 Å². The Morgan fingerprint density at radius 2 is 1.93 bits per heavy atom. The largest absolute Gasteiger partial charge is 0.270 e. The lowest BCUT2D eigenvalue weighted by Gasteiger charge is -2.03. The van der Waals surface area contributed by atoms with E-state index in [0.29, 0.717) is 16.5 Å². The van der Waals surface area contributed by atoms with Gasteiger partial charge in [0.25, 0.3) is 10.1 Å². The first kappa shape index (κ1) is 12.8. The minimum absolute atomic E-state index is 0.108. The molecule has 6 heteroatoms. The number of hydrogen-bond donors (Lipinski definition) is 0. The van der Waals surface area contributed by atoms with Crippen LogP contribution in [-0.4, -0.2) is 21.3 Å². The third-order valence-electron chi connectivity index (χ3n) is 1.67. The van der Waals surface area contributed by atoms with Gasteiger partial charge in [0.1, 0.15) is 0 Å². The molecule has 0 heterocycles. The fourth-order valence-corrected chi connectivity index (χ4v) is 1.71. The zero-order valence-electron chi connectivity index (χ0n) is 8.04. The van der Waals surface area contributed by atoms with Crippen molar-refractivity contribution in [2.24, 2.45) is 0 Å². The van der Waals surface area contributed by atoms with E-state index in [-0.39, 0.29) is 6.61 Å². The highest BCUT2D eigenvalue weighted by Crippen LogP contribution is 2.22. The van der Waals surface area contributed by atoms with Gasteiger partial charge in [-0.15, -0.1) is 0 Å². The van der Waals surface area contributed by atoms with Crippen molar-refractivity contribution in [2.75, 3.05) is 12.9 Å². The number of benzene rings is 1. The summed E-state index contributed by atoms with van der Waals surface area (Å²) in [7, 11) is -3.37. The monoisotopic (exact) mass is 268 g/mol. The van der Waals surface area contributed by atoms with Crippen molar-refractivity contribution in [1.82, 2.24) is 0 Å². The lowest BCUT2D eigenvalue weighted by molar-refractivity contribution is 0.326. The number of rotatable bonds is 4. The standard InChI is InChI=1S/C9H10Cl2O3S/c1-15(12,13)14-5-4-7-2-3-8(10)9(11)6-7/h2-3,6H,4-5H2,1H3. The molecule has 0 amide bonds. The lowest BCUT2D eigenvalue weighted by atomic mass is 10.2. The van der Waals surface area contributed by atoms with Crippen LogP contribution in [0.2, 0.25) is 10.0 Å². The molecule has 0 fully saturated rings. The summed E-state index contributed by atoms with van der Waals surface area (Å²) < 4.78 is 25.9. The average molecular weight is 269 g/mol. The van der Waals surface area contributed by atoms with Crippen LogP contribution in [0.5, 0.6) is 0 Å². The highest BCUT2D eigenvalue weighted by molar-refractivity contribution is 7.85. The molecule has 0 radical (unpaired) electrons. The average Bonchev–Trinajstić information content (AvgIpc) is 2.09. The molecule has 1 aromatic rings. The Bertz CT molecular complexity index is 443. The van der Waals surface area contributed by atoms with Crippen LogP contribution in [0.15, 0.2) is 18.2 Å². The van der Waals surface area contributed by atoms with Gasteiger partial charge in [0.2, 0.25) is 0 Å². The second kappa shape index (κ2) is 5.16. The lowest BCUT2D eigenvalue weighted by Crippen LogP contribution is -2.06. The highest BCUT2D eigenvalue weighted by Gasteiger charge is 2.03. The summed E-state index contributed by atoms with van der Waals surface area (Å²) in [5.41, 5.74) is 0.882. The summed E-state index contributed by atoms with van der Waals surface area (Å²) in [5.74, 6) is 0. The maximum absolute atomic E-state index is 10.7. The Kier molecular flexibility index (Phi) is 4.40. The van der Waals surface area contributed by atoms with Crippen LogP contribution < -0.4 is 0 Å². The Hall–Kier alpha value is -0.290. The van der Waals surface area contributed by atoms with Crippen LogP contribution in [0.1, 0.15) is 5.56 Å². The van der Waals surface area contributed by atoms with Crippen molar-refractivity contribution < 1.29 is 12.6 Å². The van der Waals surface area contributed by atoms with Crippen LogP contribution in [-0.2, 0) is 20.7 Å². The van der Waals surface area contributed by atoms with E-state index in [2.05, 4.69) is 4.18 Å². The maximum atomic E-state index is 10.7. The summed E-state index contributed by atoms with van der Waals surface area (Å²) in [6.07, 6.45) is 1.49. The van der Waals surface area contributed by atoms with Gasteiger partial charge in [-0.05, 0) is 24.1 Å². The van der Waals surface area contributed by atoms with E-state index in [0.717, 1.165) is 11.8 Å². The first-order valence-electron chi connectivity index (χ1n) is 4.17. The molecular formula is C9H10Cl2O3S. The fourth-order valence-electron chi connectivity index (χ4n) is 1.01. The summed E-state index contributed by atoms with van der Waals surface area (Å²) in [6.45, 7) is 0.108. The molecule has 0 saturated carbocycles.